The van der Waals surface area contributed by atoms with Gasteiger partial charge in [0.1, 0.15) is 11.3 Å². The van der Waals surface area contributed by atoms with Crippen molar-refractivity contribution in [2.45, 2.75) is 32.3 Å². The molecule has 0 saturated heterocycles. The smallest absolute Gasteiger partial charge is 0.231 e. The zero-order valence-corrected chi connectivity index (χ0v) is 8.78. The van der Waals surface area contributed by atoms with Crippen LogP contribution in [0, 0.1) is 5.92 Å². The summed E-state index contributed by atoms with van der Waals surface area (Å²) in [6.07, 6.45) is 1.41. The maximum absolute atomic E-state index is 11.3. The van der Waals surface area contributed by atoms with E-state index in [0.717, 1.165) is 0 Å². The van der Waals surface area contributed by atoms with Crippen LogP contribution in [0.2, 0.25) is 0 Å². The lowest BCUT2D eigenvalue weighted by Gasteiger charge is -2.02. The Morgan fingerprint density at radius 2 is 2.33 bits per heavy atom. The van der Waals surface area contributed by atoms with Crippen molar-refractivity contribution in [3.8, 4) is 0 Å². The Labute approximate surface area is 87.5 Å². The molecule has 1 aromatic heterocycles. The van der Waals surface area contributed by atoms with Gasteiger partial charge < -0.3 is 9.63 Å². The van der Waals surface area contributed by atoms with Crippen LogP contribution in [0.1, 0.15) is 32.4 Å². The Morgan fingerprint density at radius 1 is 1.67 bits per heavy atom. The van der Waals surface area contributed by atoms with Crippen LogP contribution in [0.5, 0.6) is 0 Å². The van der Waals surface area contributed by atoms with Crippen LogP contribution in [0.4, 0.5) is 5.88 Å². The van der Waals surface area contributed by atoms with Crippen LogP contribution >= 0.6 is 0 Å². The van der Waals surface area contributed by atoms with E-state index in [0.29, 0.717) is 24.4 Å². The van der Waals surface area contributed by atoms with E-state index in [4.69, 9.17) is 4.52 Å². The molecule has 5 heteroatoms. The minimum absolute atomic E-state index is 0.109. The predicted molar refractivity (Wildman–Crippen MR) is 53.1 cm³/mol. The fraction of sp³-hybridized carbons (Fsp3) is 0.600. The van der Waals surface area contributed by atoms with Gasteiger partial charge in [-0.25, -0.2) is 0 Å². The monoisotopic (exact) mass is 210 g/mol. The molecule has 5 nitrogen and oxygen atoms in total. The minimum atomic E-state index is -0.815. The van der Waals surface area contributed by atoms with E-state index in [1.165, 1.54) is 0 Å². The van der Waals surface area contributed by atoms with Crippen molar-refractivity contribution < 1.29 is 14.4 Å². The number of carbonyl (C=O) groups is 1. The molecule has 2 rings (SSSR count). The molecule has 0 aliphatic heterocycles. The van der Waals surface area contributed by atoms with E-state index >= 15 is 0 Å². The summed E-state index contributed by atoms with van der Waals surface area (Å²) in [5.74, 6) is 0.0621. The number of amides is 1. The average Bonchev–Trinajstić information content (AvgIpc) is 2.76. The van der Waals surface area contributed by atoms with Crippen molar-refractivity contribution in [2.24, 2.45) is 5.92 Å². The summed E-state index contributed by atoms with van der Waals surface area (Å²) in [6, 6.07) is 1.58. The second-order valence-electron chi connectivity index (χ2n) is 4.25. The topological polar surface area (TPSA) is 75.4 Å². The zero-order valence-electron chi connectivity index (χ0n) is 8.78. The van der Waals surface area contributed by atoms with Gasteiger partial charge in [-0.2, -0.15) is 0 Å². The van der Waals surface area contributed by atoms with Gasteiger partial charge in [0, 0.05) is 12.0 Å². The number of rotatable bonds is 3. The molecule has 1 fully saturated rings. The van der Waals surface area contributed by atoms with E-state index in [-0.39, 0.29) is 11.8 Å². The third kappa shape index (κ3) is 2.02. The summed E-state index contributed by atoms with van der Waals surface area (Å²) in [5, 5.41) is 16.0. The Balaban J connectivity index is 2.04. The highest BCUT2D eigenvalue weighted by Crippen LogP contribution is 2.45. The molecule has 2 N–H and O–H groups in total. The number of carbonyl (C=O) groups excluding carboxylic acids is 1. The fourth-order valence-electron chi connectivity index (χ4n) is 1.19. The number of anilines is 1. The van der Waals surface area contributed by atoms with Crippen molar-refractivity contribution >= 4 is 11.8 Å². The van der Waals surface area contributed by atoms with Gasteiger partial charge in [0.15, 0.2) is 0 Å². The average molecular weight is 210 g/mol. The lowest BCUT2D eigenvalue weighted by molar-refractivity contribution is -0.119. The molecule has 0 spiro atoms. The molecule has 1 amide bonds. The van der Waals surface area contributed by atoms with Crippen LogP contribution in [0.25, 0.3) is 0 Å². The molecule has 0 aromatic carbocycles. The summed E-state index contributed by atoms with van der Waals surface area (Å²) in [6.45, 7) is 3.59. The first kappa shape index (κ1) is 10.2. The molecular formula is C10H14N2O3. The zero-order chi connectivity index (χ0) is 11.1. The second kappa shape index (κ2) is 3.34. The molecule has 0 atom stereocenters. The highest BCUT2D eigenvalue weighted by Gasteiger charge is 2.45. The first-order valence-corrected chi connectivity index (χ1v) is 5.02. The van der Waals surface area contributed by atoms with E-state index in [1.54, 1.807) is 19.9 Å². The van der Waals surface area contributed by atoms with Crippen LogP contribution < -0.4 is 5.32 Å². The minimum Gasteiger partial charge on any atom is -0.383 e. The molecule has 1 heterocycles. The van der Waals surface area contributed by atoms with Crippen molar-refractivity contribution in [1.29, 1.82) is 0 Å². The highest BCUT2D eigenvalue weighted by molar-refractivity contribution is 5.90. The quantitative estimate of drug-likeness (QED) is 0.787. The number of aromatic nitrogens is 1. The number of hydrogen-bond donors (Lipinski definition) is 2. The van der Waals surface area contributed by atoms with Crippen molar-refractivity contribution in [1.82, 2.24) is 5.16 Å². The maximum Gasteiger partial charge on any atom is 0.231 e. The van der Waals surface area contributed by atoms with Gasteiger partial charge in [-0.1, -0.05) is 19.0 Å². The van der Waals surface area contributed by atoms with Gasteiger partial charge in [-0.05, 0) is 12.8 Å². The number of aliphatic hydroxyl groups is 1. The first-order valence-electron chi connectivity index (χ1n) is 5.02. The summed E-state index contributed by atoms with van der Waals surface area (Å²) in [4.78, 5) is 11.3. The molecule has 0 unspecified atom stereocenters. The van der Waals surface area contributed by atoms with Crippen LogP contribution in [0.3, 0.4) is 0 Å². The molecule has 0 radical (unpaired) electrons. The number of nitrogens with zero attached hydrogens (tertiary/aromatic N) is 1. The lowest BCUT2D eigenvalue weighted by atomic mass is 10.2. The number of nitrogens with one attached hydrogen (secondary N) is 1. The van der Waals surface area contributed by atoms with Crippen LogP contribution in [-0.4, -0.2) is 16.2 Å². The van der Waals surface area contributed by atoms with E-state index in [2.05, 4.69) is 10.5 Å². The van der Waals surface area contributed by atoms with Gasteiger partial charge in [0.2, 0.25) is 11.8 Å². The molecule has 82 valence electrons. The van der Waals surface area contributed by atoms with Crippen molar-refractivity contribution in [2.75, 3.05) is 5.32 Å². The Morgan fingerprint density at radius 3 is 2.87 bits per heavy atom. The van der Waals surface area contributed by atoms with Gasteiger partial charge in [-0.15, -0.1) is 0 Å². The van der Waals surface area contributed by atoms with Gasteiger partial charge in [-0.3, -0.25) is 10.1 Å². The van der Waals surface area contributed by atoms with Crippen molar-refractivity contribution in [3.05, 3.63) is 11.8 Å². The molecule has 1 aliphatic rings. The van der Waals surface area contributed by atoms with Gasteiger partial charge in [0.05, 0.1) is 0 Å². The Bertz CT molecular complexity index is 380. The predicted octanol–water partition coefficient (Wildman–Crippen LogP) is 1.25. The Hall–Kier alpha value is -1.36. The van der Waals surface area contributed by atoms with Crippen LogP contribution in [0.15, 0.2) is 10.6 Å². The van der Waals surface area contributed by atoms with Crippen molar-refractivity contribution in [3.63, 3.8) is 0 Å². The fourth-order valence-corrected chi connectivity index (χ4v) is 1.19. The molecular weight excluding hydrogens is 196 g/mol. The standard InChI is InChI=1S/C10H14N2O3/c1-6(2)9(13)11-8-5-7(12-15-8)10(14)3-4-10/h5-6,14H,3-4H2,1-2H3,(H,11,13). The van der Waals surface area contributed by atoms with Gasteiger partial charge in [0.25, 0.3) is 0 Å². The SMILES string of the molecule is CC(C)C(=O)Nc1cc(C2(O)CC2)no1. The largest absolute Gasteiger partial charge is 0.383 e. The summed E-state index contributed by atoms with van der Waals surface area (Å²) in [7, 11) is 0. The van der Waals surface area contributed by atoms with E-state index in [9.17, 15) is 9.90 Å². The molecule has 1 aromatic rings. The normalized spacial score (nSPS) is 17.9. The molecule has 1 saturated carbocycles. The lowest BCUT2D eigenvalue weighted by Crippen LogP contribution is -2.17. The van der Waals surface area contributed by atoms with Gasteiger partial charge >= 0.3 is 0 Å². The molecule has 0 bridgehead atoms. The third-order valence-corrected chi connectivity index (χ3v) is 2.48. The van der Waals surface area contributed by atoms with Crippen LogP contribution in [-0.2, 0) is 10.4 Å². The molecule has 1 aliphatic carbocycles. The van der Waals surface area contributed by atoms with E-state index < -0.39 is 5.60 Å². The summed E-state index contributed by atoms with van der Waals surface area (Å²) < 4.78 is 4.91. The van der Waals surface area contributed by atoms with E-state index in [1.807, 2.05) is 0 Å². The second-order valence-corrected chi connectivity index (χ2v) is 4.25. The third-order valence-electron chi connectivity index (χ3n) is 2.48. The first-order chi connectivity index (χ1) is 7.01. The summed E-state index contributed by atoms with van der Waals surface area (Å²) in [5.41, 5.74) is -0.314. The summed E-state index contributed by atoms with van der Waals surface area (Å²) >= 11 is 0. The molecule has 15 heavy (non-hydrogen) atoms. The Kier molecular flexibility index (Phi) is 2.26. The maximum atomic E-state index is 11.3. The number of hydrogen-bond acceptors (Lipinski definition) is 4. The highest BCUT2D eigenvalue weighted by atomic mass is 16.5.